The predicted molar refractivity (Wildman–Crippen MR) is 135 cm³/mol. The van der Waals surface area contributed by atoms with Crippen LogP contribution < -0.4 is 10.6 Å². The monoisotopic (exact) mass is 534 g/mol. The van der Waals surface area contributed by atoms with Crippen LogP contribution in [0.3, 0.4) is 0 Å². The number of allylic oxidation sites excluding steroid dienone is 1. The Morgan fingerprint density at radius 2 is 1.94 bits per heavy atom. The Morgan fingerprint density at radius 1 is 1.23 bits per heavy atom. The van der Waals surface area contributed by atoms with Crippen LogP contribution >= 0.6 is 35.0 Å². The number of thioether (sulfide) groups is 1. The molecule has 1 atom stereocenters. The third kappa shape index (κ3) is 6.81. The third-order valence-electron chi connectivity index (χ3n) is 4.67. The molecule has 1 aromatic heterocycles. The van der Waals surface area contributed by atoms with Crippen molar-refractivity contribution in [2.45, 2.75) is 24.7 Å². The molecule has 3 rings (SSSR count). The van der Waals surface area contributed by atoms with Crippen LogP contribution in [-0.4, -0.2) is 37.3 Å². The van der Waals surface area contributed by atoms with Gasteiger partial charge in [0.15, 0.2) is 11.0 Å². The number of halogens is 2. The van der Waals surface area contributed by atoms with Gasteiger partial charge < -0.3 is 15.2 Å². The third-order valence-corrected chi connectivity index (χ3v) is 6.21. The van der Waals surface area contributed by atoms with Gasteiger partial charge in [-0.3, -0.25) is 19.7 Å². The minimum atomic E-state index is -0.576. The van der Waals surface area contributed by atoms with E-state index in [9.17, 15) is 19.7 Å². The zero-order chi connectivity index (χ0) is 25.5. The van der Waals surface area contributed by atoms with Gasteiger partial charge in [0, 0.05) is 29.3 Å². The molecule has 0 aliphatic rings. The van der Waals surface area contributed by atoms with Gasteiger partial charge >= 0.3 is 0 Å². The van der Waals surface area contributed by atoms with Crippen LogP contribution in [0.15, 0.2) is 60.3 Å². The number of nitro groups is 1. The number of carbonyl (C=O) groups is 2. The van der Waals surface area contributed by atoms with Crippen molar-refractivity contribution in [3.05, 3.63) is 86.7 Å². The molecule has 35 heavy (non-hydrogen) atoms. The first kappa shape index (κ1) is 26.2. The highest BCUT2D eigenvalue weighted by atomic mass is 35.5. The average molecular weight is 535 g/mol. The van der Waals surface area contributed by atoms with Gasteiger partial charge in [-0.25, -0.2) is 0 Å². The van der Waals surface area contributed by atoms with E-state index in [1.807, 2.05) is 0 Å². The first-order chi connectivity index (χ1) is 16.7. The fraction of sp³-hybridized carbons (Fsp3) is 0.182. The lowest BCUT2D eigenvalue weighted by Gasteiger charge is -2.15. The van der Waals surface area contributed by atoms with Crippen molar-refractivity contribution in [3.63, 3.8) is 0 Å². The lowest BCUT2D eigenvalue weighted by Crippen LogP contribution is -2.28. The maximum absolute atomic E-state index is 12.6. The van der Waals surface area contributed by atoms with Crippen LogP contribution in [0.2, 0.25) is 10.0 Å². The fourth-order valence-electron chi connectivity index (χ4n) is 3.01. The Morgan fingerprint density at radius 3 is 2.60 bits per heavy atom. The number of nitrogens with zero attached hydrogens (tertiary/aromatic N) is 4. The molecule has 1 heterocycles. The van der Waals surface area contributed by atoms with Crippen LogP contribution in [-0.2, 0) is 11.3 Å². The van der Waals surface area contributed by atoms with E-state index in [-0.39, 0.29) is 28.1 Å². The number of benzene rings is 2. The number of non-ortho nitro benzene ring substituents is 1. The molecule has 0 aliphatic heterocycles. The molecule has 0 spiro atoms. The van der Waals surface area contributed by atoms with Crippen LogP contribution in [0.5, 0.6) is 0 Å². The SMILES string of the molecule is C=CCn1c(SCC(=O)Nc2cc([N+](=O)[O-])ccc2Cl)nnc1[C@H](C)NC(=O)c1ccc(Cl)cc1. The maximum Gasteiger partial charge on any atom is 0.271 e. The highest BCUT2D eigenvalue weighted by Gasteiger charge is 2.21. The quantitative estimate of drug-likeness (QED) is 0.163. The van der Waals surface area contributed by atoms with Crippen LogP contribution in [0.1, 0.15) is 29.1 Å². The second-order valence-electron chi connectivity index (χ2n) is 7.20. The summed E-state index contributed by atoms with van der Waals surface area (Å²) >= 11 is 13.0. The molecule has 2 N–H and O–H groups in total. The van der Waals surface area contributed by atoms with Gasteiger partial charge in [-0.05, 0) is 37.3 Å². The number of carbonyl (C=O) groups excluding carboxylic acids is 2. The Bertz CT molecular complexity index is 1270. The zero-order valence-electron chi connectivity index (χ0n) is 18.4. The summed E-state index contributed by atoms with van der Waals surface area (Å²) in [5, 5.41) is 25.9. The molecule has 2 aromatic carbocycles. The van der Waals surface area contributed by atoms with Crippen LogP contribution in [0.25, 0.3) is 0 Å². The average Bonchev–Trinajstić information content (AvgIpc) is 3.22. The van der Waals surface area contributed by atoms with Crippen molar-refractivity contribution in [3.8, 4) is 0 Å². The Kier molecular flexibility index (Phi) is 8.85. The van der Waals surface area contributed by atoms with Crippen LogP contribution in [0, 0.1) is 10.1 Å². The summed E-state index contributed by atoms with van der Waals surface area (Å²) in [6.07, 6.45) is 1.65. The number of aromatic nitrogens is 3. The van der Waals surface area contributed by atoms with E-state index in [0.717, 1.165) is 11.8 Å². The van der Waals surface area contributed by atoms with Crippen molar-refractivity contribution in [1.29, 1.82) is 0 Å². The number of nitrogens with one attached hydrogen (secondary N) is 2. The first-order valence-corrected chi connectivity index (χ1v) is 11.9. The number of amides is 2. The highest BCUT2D eigenvalue weighted by Crippen LogP contribution is 2.27. The second kappa shape index (κ2) is 11.8. The summed E-state index contributed by atoms with van der Waals surface area (Å²) in [4.78, 5) is 35.4. The zero-order valence-corrected chi connectivity index (χ0v) is 20.7. The number of anilines is 1. The van der Waals surface area contributed by atoms with E-state index in [4.69, 9.17) is 23.2 Å². The van der Waals surface area contributed by atoms with Crippen molar-refractivity contribution in [1.82, 2.24) is 20.1 Å². The predicted octanol–water partition coefficient (Wildman–Crippen LogP) is 4.90. The topological polar surface area (TPSA) is 132 Å². The first-order valence-electron chi connectivity index (χ1n) is 10.2. The fourth-order valence-corrected chi connectivity index (χ4v) is 4.06. The van der Waals surface area contributed by atoms with Crippen LogP contribution in [0.4, 0.5) is 11.4 Å². The minimum absolute atomic E-state index is 0.0557. The van der Waals surface area contributed by atoms with E-state index in [0.29, 0.717) is 28.1 Å². The number of hydrogen-bond donors (Lipinski definition) is 2. The summed E-state index contributed by atoms with van der Waals surface area (Å²) in [5.41, 5.74) is 0.391. The molecule has 0 radical (unpaired) electrons. The normalized spacial score (nSPS) is 11.5. The highest BCUT2D eigenvalue weighted by molar-refractivity contribution is 7.99. The smallest absolute Gasteiger partial charge is 0.271 e. The van der Waals surface area contributed by atoms with Gasteiger partial charge in [0.1, 0.15) is 0 Å². The summed E-state index contributed by atoms with van der Waals surface area (Å²) < 4.78 is 1.73. The Balaban J connectivity index is 1.68. The molecular weight excluding hydrogens is 515 g/mol. The number of nitro benzene ring substituents is 1. The van der Waals surface area contributed by atoms with E-state index in [1.54, 1.807) is 41.8 Å². The van der Waals surface area contributed by atoms with E-state index >= 15 is 0 Å². The summed E-state index contributed by atoms with van der Waals surface area (Å²) in [5.74, 6) is -0.308. The van der Waals surface area contributed by atoms with Gasteiger partial charge in [-0.15, -0.1) is 16.8 Å². The summed E-state index contributed by atoms with van der Waals surface area (Å²) in [6.45, 7) is 5.86. The second-order valence-corrected chi connectivity index (χ2v) is 8.99. The molecule has 0 aliphatic carbocycles. The molecule has 10 nitrogen and oxygen atoms in total. The van der Waals surface area contributed by atoms with Crippen molar-refractivity contribution in [2.75, 3.05) is 11.1 Å². The lowest BCUT2D eigenvalue weighted by molar-refractivity contribution is -0.384. The van der Waals surface area contributed by atoms with Gasteiger partial charge in [0.2, 0.25) is 5.91 Å². The van der Waals surface area contributed by atoms with Crippen molar-refractivity contribution < 1.29 is 14.5 Å². The molecule has 0 unspecified atom stereocenters. The van der Waals surface area contributed by atoms with Crippen molar-refractivity contribution >= 4 is 58.2 Å². The largest absolute Gasteiger partial charge is 0.342 e. The van der Waals surface area contributed by atoms with Gasteiger partial charge in [-0.2, -0.15) is 0 Å². The minimum Gasteiger partial charge on any atom is -0.342 e. The van der Waals surface area contributed by atoms with Gasteiger partial charge in [-0.1, -0.05) is 41.0 Å². The Hall–Kier alpha value is -3.41. The number of hydrogen-bond acceptors (Lipinski definition) is 7. The maximum atomic E-state index is 12.6. The standard InChI is InChI=1S/C22H20Cl2N6O4S/c1-3-10-29-20(13(2)25-21(32)14-4-6-15(23)7-5-14)27-28-22(29)35-12-19(31)26-18-11-16(30(33)34)8-9-17(18)24/h3-9,11,13H,1,10,12H2,2H3,(H,25,32)(H,26,31)/t13-/m0/s1. The van der Waals surface area contributed by atoms with Crippen molar-refractivity contribution in [2.24, 2.45) is 0 Å². The lowest BCUT2D eigenvalue weighted by atomic mass is 10.2. The Labute approximate surface area is 214 Å². The molecule has 0 bridgehead atoms. The van der Waals surface area contributed by atoms with E-state index < -0.39 is 16.9 Å². The van der Waals surface area contributed by atoms with E-state index in [1.165, 1.54) is 18.2 Å². The molecule has 0 fully saturated rings. The molecule has 0 saturated heterocycles. The van der Waals surface area contributed by atoms with E-state index in [2.05, 4.69) is 27.4 Å². The summed E-state index contributed by atoms with van der Waals surface area (Å²) in [7, 11) is 0. The van der Waals surface area contributed by atoms with Gasteiger partial charge in [0.25, 0.3) is 11.6 Å². The number of rotatable bonds is 10. The molecule has 182 valence electrons. The molecule has 2 amide bonds. The molecule has 0 saturated carbocycles. The molecular formula is C22H20Cl2N6O4S. The summed E-state index contributed by atoms with van der Waals surface area (Å²) in [6, 6.07) is 9.78. The van der Waals surface area contributed by atoms with Gasteiger partial charge in [0.05, 0.1) is 27.4 Å². The molecule has 3 aromatic rings. The molecule has 13 heteroatoms.